The van der Waals surface area contributed by atoms with E-state index in [1.165, 1.54) is 4.57 Å². The average Bonchev–Trinajstić information content (AvgIpc) is 2.61. The minimum absolute atomic E-state index is 0.00757. The van der Waals surface area contributed by atoms with Crippen LogP contribution in [0.3, 0.4) is 0 Å². The largest absolute Gasteiger partial charge is 0.457 e. The number of benzene rings is 2. The molecule has 0 amide bonds. The third-order valence-electron chi connectivity index (χ3n) is 3.48. The van der Waals surface area contributed by atoms with Gasteiger partial charge in [0.25, 0.3) is 5.56 Å². The summed E-state index contributed by atoms with van der Waals surface area (Å²) in [4.78, 5) is 16.0. The third kappa shape index (κ3) is 3.61. The second kappa shape index (κ2) is 6.97. The predicted octanol–water partition coefficient (Wildman–Crippen LogP) is 2.81. The second-order valence-electron chi connectivity index (χ2n) is 5.25. The first-order chi connectivity index (χ1) is 11.7. The summed E-state index contributed by atoms with van der Waals surface area (Å²) in [6.45, 7) is 0.00757. The van der Waals surface area contributed by atoms with Crippen LogP contribution in [0.15, 0.2) is 65.7 Å². The molecule has 0 aliphatic rings. The summed E-state index contributed by atoms with van der Waals surface area (Å²) in [6.07, 6.45) is 3.17. The van der Waals surface area contributed by atoms with Crippen molar-refractivity contribution in [1.29, 1.82) is 0 Å². The Kier molecular flexibility index (Phi) is 4.58. The maximum absolute atomic E-state index is 11.9. The van der Waals surface area contributed by atoms with Crippen molar-refractivity contribution in [1.82, 2.24) is 9.55 Å². The first-order valence-corrected chi connectivity index (χ1v) is 7.42. The lowest BCUT2D eigenvalue weighted by atomic mass is 10.2. The van der Waals surface area contributed by atoms with Crippen molar-refractivity contribution in [3.8, 4) is 11.5 Å². The highest BCUT2D eigenvalue weighted by Gasteiger charge is 2.04. The Morgan fingerprint density at radius 3 is 2.33 bits per heavy atom. The summed E-state index contributed by atoms with van der Waals surface area (Å²) < 4.78 is 7.20. The van der Waals surface area contributed by atoms with Crippen molar-refractivity contribution in [3.05, 3.63) is 76.8 Å². The summed E-state index contributed by atoms with van der Waals surface area (Å²) in [6, 6.07) is 14.4. The predicted molar refractivity (Wildman–Crippen MR) is 91.6 cm³/mol. The highest BCUT2D eigenvalue weighted by atomic mass is 16.5. The van der Waals surface area contributed by atoms with Gasteiger partial charge in [-0.1, -0.05) is 12.1 Å². The van der Waals surface area contributed by atoms with Crippen LogP contribution in [-0.4, -0.2) is 14.7 Å². The van der Waals surface area contributed by atoms with E-state index in [1.807, 2.05) is 24.3 Å². The minimum atomic E-state index is -0.193. The maximum atomic E-state index is 11.9. The zero-order chi connectivity index (χ0) is 16.9. The second-order valence-corrected chi connectivity index (χ2v) is 5.25. The zero-order valence-electron chi connectivity index (χ0n) is 13.1. The van der Waals surface area contributed by atoms with Gasteiger partial charge in [0.05, 0.1) is 6.61 Å². The molecule has 24 heavy (non-hydrogen) atoms. The number of aromatic nitrogens is 2. The number of rotatable bonds is 5. The van der Waals surface area contributed by atoms with Crippen LogP contribution in [0.4, 0.5) is 11.5 Å². The quantitative estimate of drug-likeness (QED) is 0.755. The van der Waals surface area contributed by atoms with Gasteiger partial charge in [-0.25, -0.2) is 4.98 Å². The summed E-state index contributed by atoms with van der Waals surface area (Å²) in [5, 5.41) is 12.0. The normalized spacial score (nSPS) is 10.4. The number of hydrogen-bond acceptors (Lipinski definition) is 5. The number of aliphatic hydroxyl groups is 1. The molecular formula is C18H17N3O3. The molecular weight excluding hydrogens is 306 g/mol. The van der Waals surface area contributed by atoms with Gasteiger partial charge in [-0.3, -0.25) is 4.79 Å². The van der Waals surface area contributed by atoms with E-state index in [2.05, 4.69) is 10.3 Å². The van der Waals surface area contributed by atoms with Gasteiger partial charge < -0.3 is 19.7 Å². The molecule has 0 atom stereocenters. The molecule has 0 aliphatic carbocycles. The molecule has 0 aliphatic heterocycles. The van der Waals surface area contributed by atoms with Gasteiger partial charge >= 0.3 is 0 Å². The lowest BCUT2D eigenvalue weighted by Gasteiger charge is -2.09. The molecule has 3 rings (SSSR count). The molecule has 1 aromatic heterocycles. The van der Waals surface area contributed by atoms with Crippen molar-refractivity contribution < 1.29 is 9.84 Å². The van der Waals surface area contributed by atoms with E-state index in [4.69, 9.17) is 9.84 Å². The summed E-state index contributed by atoms with van der Waals surface area (Å²) in [7, 11) is 1.67. The van der Waals surface area contributed by atoms with Crippen LogP contribution in [0.5, 0.6) is 11.5 Å². The SMILES string of the molecule is Cn1ccnc(Nc2ccc(Oc3ccc(CO)cc3)cc2)c1=O. The Morgan fingerprint density at radius 1 is 1.08 bits per heavy atom. The summed E-state index contributed by atoms with van der Waals surface area (Å²) in [5.41, 5.74) is 1.38. The van der Waals surface area contributed by atoms with E-state index in [0.717, 1.165) is 11.3 Å². The minimum Gasteiger partial charge on any atom is -0.457 e. The van der Waals surface area contributed by atoms with Crippen molar-refractivity contribution in [2.45, 2.75) is 6.61 Å². The fraction of sp³-hybridized carbons (Fsp3) is 0.111. The Hall–Kier alpha value is -3.12. The lowest BCUT2D eigenvalue weighted by molar-refractivity contribution is 0.281. The van der Waals surface area contributed by atoms with Crippen molar-refractivity contribution in [2.75, 3.05) is 5.32 Å². The topological polar surface area (TPSA) is 76.4 Å². The molecule has 0 radical (unpaired) electrons. The Labute approximate surface area is 139 Å². The number of aliphatic hydroxyl groups excluding tert-OH is 1. The Morgan fingerprint density at radius 2 is 1.71 bits per heavy atom. The first-order valence-electron chi connectivity index (χ1n) is 7.42. The third-order valence-corrected chi connectivity index (χ3v) is 3.48. The molecule has 6 nitrogen and oxygen atoms in total. The van der Waals surface area contributed by atoms with Crippen LogP contribution in [0, 0.1) is 0 Å². The van der Waals surface area contributed by atoms with E-state index in [9.17, 15) is 4.79 Å². The number of hydrogen-bond donors (Lipinski definition) is 2. The number of ether oxygens (including phenoxy) is 1. The van der Waals surface area contributed by atoms with Crippen LogP contribution >= 0.6 is 0 Å². The molecule has 122 valence electrons. The highest BCUT2D eigenvalue weighted by Crippen LogP contribution is 2.24. The highest BCUT2D eigenvalue weighted by molar-refractivity contribution is 5.56. The zero-order valence-corrected chi connectivity index (χ0v) is 13.1. The molecule has 2 N–H and O–H groups in total. The van der Waals surface area contributed by atoms with Crippen LogP contribution in [0.2, 0.25) is 0 Å². The van der Waals surface area contributed by atoms with Gasteiger partial charge in [-0.15, -0.1) is 0 Å². The fourth-order valence-electron chi connectivity index (χ4n) is 2.13. The van der Waals surface area contributed by atoms with E-state index < -0.39 is 0 Å². The molecule has 0 unspecified atom stereocenters. The first kappa shape index (κ1) is 15.8. The number of nitrogens with one attached hydrogen (secondary N) is 1. The number of anilines is 2. The van der Waals surface area contributed by atoms with Gasteiger partial charge in [0.2, 0.25) is 0 Å². The Balaban J connectivity index is 1.70. The van der Waals surface area contributed by atoms with Crippen molar-refractivity contribution in [2.24, 2.45) is 7.05 Å². The molecule has 0 saturated heterocycles. The van der Waals surface area contributed by atoms with E-state index in [-0.39, 0.29) is 18.0 Å². The van der Waals surface area contributed by atoms with Crippen LogP contribution < -0.4 is 15.6 Å². The molecule has 0 saturated carbocycles. The maximum Gasteiger partial charge on any atom is 0.293 e. The van der Waals surface area contributed by atoms with Crippen molar-refractivity contribution in [3.63, 3.8) is 0 Å². The van der Waals surface area contributed by atoms with Gasteiger partial charge in [0.1, 0.15) is 11.5 Å². The van der Waals surface area contributed by atoms with E-state index in [0.29, 0.717) is 11.5 Å². The molecule has 3 aromatic rings. The van der Waals surface area contributed by atoms with Gasteiger partial charge in [-0.2, -0.15) is 0 Å². The monoisotopic (exact) mass is 323 g/mol. The number of aryl methyl sites for hydroxylation is 1. The van der Waals surface area contributed by atoms with E-state index in [1.54, 1.807) is 43.7 Å². The fourth-order valence-corrected chi connectivity index (χ4v) is 2.13. The summed E-state index contributed by atoms with van der Waals surface area (Å²) >= 11 is 0. The average molecular weight is 323 g/mol. The lowest BCUT2D eigenvalue weighted by Crippen LogP contribution is -2.20. The molecule has 0 bridgehead atoms. The standard InChI is InChI=1S/C18H17N3O3/c1-21-11-10-19-17(18(21)23)20-14-4-8-16(9-5-14)24-15-6-2-13(12-22)3-7-15/h2-11,22H,12H2,1H3,(H,19,20). The smallest absolute Gasteiger partial charge is 0.293 e. The molecule has 0 spiro atoms. The Bertz CT molecular complexity index is 871. The molecule has 6 heteroatoms. The van der Waals surface area contributed by atoms with E-state index >= 15 is 0 Å². The van der Waals surface area contributed by atoms with Gasteiger partial charge in [0.15, 0.2) is 5.82 Å². The van der Waals surface area contributed by atoms with Gasteiger partial charge in [0, 0.05) is 25.1 Å². The molecule has 2 aromatic carbocycles. The molecule has 1 heterocycles. The van der Waals surface area contributed by atoms with Crippen LogP contribution in [0.1, 0.15) is 5.56 Å². The van der Waals surface area contributed by atoms with Crippen LogP contribution in [0.25, 0.3) is 0 Å². The van der Waals surface area contributed by atoms with Crippen molar-refractivity contribution >= 4 is 11.5 Å². The van der Waals surface area contributed by atoms with Crippen LogP contribution in [-0.2, 0) is 13.7 Å². The summed E-state index contributed by atoms with van der Waals surface area (Å²) in [5.74, 6) is 1.63. The number of nitrogens with zero attached hydrogens (tertiary/aromatic N) is 2. The van der Waals surface area contributed by atoms with Gasteiger partial charge in [-0.05, 0) is 42.0 Å². The molecule has 0 fully saturated rings.